The molecule has 1 aliphatic heterocycles. The largest absolute Gasteiger partial charge is 0.454 e. The van der Waals surface area contributed by atoms with Gasteiger partial charge in [0.1, 0.15) is 0 Å². The van der Waals surface area contributed by atoms with Crippen LogP contribution in [0.2, 0.25) is 0 Å². The third kappa shape index (κ3) is 2.58. The van der Waals surface area contributed by atoms with Gasteiger partial charge in [0.05, 0.1) is 5.69 Å². The fraction of sp³-hybridized carbons (Fsp3) is 0.0588. The van der Waals surface area contributed by atoms with Gasteiger partial charge in [0.15, 0.2) is 11.5 Å². The minimum absolute atomic E-state index is 0.281. The molecule has 0 radical (unpaired) electrons. The first kappa shape index (κ1) is 13.0. The van der Waals surface area contributed by atoms with E-state index in [0.717, 1.165) is 33.5 Å². The number of hydrogen-bond acceptors (Lipinski definition) is 5. The molecule has 0 unspecified atom stereocenters. The zero-order chi connectivity index (χ0) is 14.8. The lowest BCUT2D eigenvalue weighted by Crippen LogP contribution is -1.92. The second-order valence-electron chi connectivity index (χ2n) is 4.75. The number of aliphatic imine (C=N–C) groups is 1. The van der Waals surface area contributed by atoms with E-state index in [1.165, 1.54) is 11.3 Å². The second kappa shape index (κ2) is 5.61. The van der Waals surface area contributed by atoms with Crippen LogP contribution in [0.25, 0.3) is 11.3 Å². The lowest BCUT2D eigenvalue weighted by molar-refractivity contribution is 0.174. The predicted molar refractivity (Wildman–Crippen MR) is 87.4 cm³/mol. The lowest BCUT2D eigenvalue weighted by Gasteiger charge is -1.96. The lowest BCUT2D eigenvalue weighted by atomic mass is 10.2. The highest BCUT2D eigenvalue weighted by Crippen LogP contribution is 2.32. The van der Waals surface area contributed by atoms with Crippen molar-refractivity contribution in [2.45, 2.75) is 0 Å². The molecule has 3 aromatic rings. The van der Waals surface area contributed by atoms with Gasteiger partial charge in [-0.2, -0.15) is 0 Å². The number of fused-ring (bicyclic) bond motifs is 1. The Balaban J connectivity index is 1.55. The van der Waals surface area contributed by atoms with E-state index in [0.29, 0.717) is 0 Å². The summed E-state index contributed by atoms with van der Waals surface area (Å²) in [5, 5.41) is 2.75. The summed E-state index contributed by atoms with van der Waals surface area (Å²) in [6.45, 7) is 0.281. The maximum absolute atomic E-state index is 5.36. The maximum Gasteiger partial charge on any atom is 0.231 e. The summed E-state index contributed by atoms with van der Waals surface area (Å²) in [4.78, 5) is 8.97. The van der Waals surface area contributed by atoms with E-state index >= 15 is 0 Å². The summed E-state index contributed by atoms with van der Waals surface area (Å²) in [5.74, 6) is 1.53. The van der Waals surface area contributed by atoms with Crippen molar-refractivity contribution in [1.29, 1.82) is 0 Å². The second-order valence-corrected chi connectivity index (χ2v) is 5.59. The van der Waals surface area contributed by atoms with Crippen LogP contribution in [-0.2, 0) is 0 Å². The van der Waals surface area contributed by atoms with E-state index in [2.05, 4.69) is 9.98 Å². The molecular formula is C17H12N2O2S. The monoisotopic (exact) mass is 308 g/mol. The average Bonchev–Trinajstić information content (AvgIpc) is 3.22. The van der Waals surface area contributed by atoms with E-state index in [1.807, 2.05) is 53.9 Å². The van der Waals surface area contributed by atoms with Crippen molar-refractivity contribution < 1.29 is 9.47 Å². The Kier molecular flexibility index (Phi) is 3.33. The first-order valence-corrected chi connectivity index (χ1v) is 7.71. The van der Waals surface area contributed by atoms with E-state index in [1.54, 1.807) is 6.21 Å². The minimum Gasteiger partial charge on any atom is -0.454 e. The number of benzene rings is 2. The fourth-order valence-corrected chi connectivity index (χ4v) is 2.86. The van der Waals surface area contributed by atoms with Crippen molar-refractivity contribution in [2.24, 2.45) is 4.99 Å². The predicted octanol–water partition coefficient (Wildman–Crippen LogP) is 4.29. The highest BCUT2D eigenvalue weighted by molar-refractivity contribution is 7.13. The van der Waals surface area contributed by atoms with Crippen molar-refractivity contribution in [3.8, 4) is 22.8 Å². The third-order valence-electron chi connectivity index (χ3n) is 3.28. The summed E-state index contributed by atoms with van der Waals surface area (Å²) in [7, 11) is 0. The molecule has 4 rings (SSSR count). The Hall–Kier alpha value is -2.66. The smallest absolute Gasteiger partial charge is 0.231 e. The van der Waals surface area contributed by atoms with Crippen molar-refractivity contribution >= 4 is 22.7 Å². The van der Waals surface area contributed by atoms with Crippen LogP contribution >= 0.6 is 11.3 Å². The van der Waals surface area contributed by atoms with E-state index in [4.69, 9.17) is 9.47 Å². The molecule has 0 amide bonds. The molecule has 4 nitrogen and oxygen atoms in total. The topological polar surface area (TPSA) is 43.7 Å². The number of aromatic nitrogens is 1. The molecule has 0 aliphatic carbocycles. The quantitative estimate of drug-likeness (QED) is 0.678. The highest BCUT2D eigenvalue weighted by Gasteiger charge is 2.12. The van der Waals surface area contributed by atoms with Gasteiger partial charge in [-0.3, -0.25) is 0 Å². The van der Waals surface area contributed by atoms with E-state index in [-0.39, 0.29) is 6.79 Å². The molecule has 1 aromatic heterocycles. The molecule has 0 saturated carbocycles. The zero-order valence-electron chi connectivity index (χ0n) is 11.6. The van der Waals surface area contributed by atoms with Gasteiger partial charge in [0.25, 0.3) is 0 Å². The van der Waals surface area contributed by atoms with Gasteiger partial charge < -0.3 is 9.47 Å². The SMILES string of the molecule is C(=N\c1nc(-c2ccccc2)cs1)/c1ccc2c(c1)OCO2. The standard InChI is InChI=1S/C17H12N2O2S/c1-2-4-13(5-3-1)14-10-22-17(19-14)18-9-12-6-7-15-16(8-12)21-11-20-15/h1-10H,11H2/b18-9+. The van der Waals surface area contributed by atoms with Gasteiger partial charge in [-0.1, -0.05) is 30.3 Å². The Labute approximate surface area is 131 Å². The molecule has 2 aromatic carbocycles. The van der Waals surface area contributed by atoms with Crippen LogP contribution in [0, 0.1) is 0 Å². The first-order valence-electron chi connectivity index (χ1n) is 6.83. The van der Waals surface area contributed by atoms with E-state index < -0.39 is 0 Å². The molecule has 0 saturated heterocycles. The van der Waals surface area contributed by atoms with Crippen molar-refractivity contribution in [3.63, 3.8) is 0 Å². The molecule has 0 N–H and O–H groups in total. The van der Waals surface area contributed by atoms with Crippen LogP contribution in [0.15, 0.2) is 58.9 Å². The Morgan fingerprint density at radius 3 is 2.82 bits per heavy atom. The minimum atomic E-state index is 0.281. The Bertz CT molecular complexity index is 828. The molecular weight excluding hydrogens is 296 g/mol. The van der Waals surface area contributed by atoms with Crippen LogP contribution in [0.4, 0.5) is 5.13 Å². The molecule has 108 valence electrons. The van der Waals surface area contributed by atoms with Crippen molar-refractivity contribution in [1.82, 2.24) is 4.98 Å². The van der Waals surface area contributed by atoms with Crippen LogP contribution in [0.3, 0.4) is 0 Å². The van der Waals surface area contributed by atoms with Crippen LogP contribution in [0.1, 0.15) is 5.56 Å². The number of ether oxygens (including phenoxy) is 2. The number of rotatable bonds is 3. The summed E-state index contributed by atoms with van der Waals surface area (Å²) in [6, 6.07) is 15.8. The number of thiazole rings is 1. The van der Waals surface area contributed by atoms with Crippen molar-refractivity contribution in [3.05, 3.63) is 59.5 Å². The molecule has 0 bridgehead atoms. The summed E-state index contributed by atoms with van der Waals surface area (Å²) >= 11 is 1.52. The maximum atomic E-state index is 5.36. The summed E-state index contributed by atoms with van der Waals surface area (Å²) in [6.07, 6.45) is 1.79. The summed E-state index contributed by atoms with van der Waals surface area (Å²) < 4.78 is 10.6. The zero-order valence-corrected chi connectivity index (χ0v) is 12.4. The Morgan fingerprint density at radius 2 is 1.91 bits per heavy atom. The number of nitrogens with zero attached hydrogens (tertiary/aromatic N) is 2. The molecule has 0 fully saturated rings. The van der Waals surface area contributed by atoms with Crippen LogP contribution in [0.5, 0.6) is 11.5 Å². The molecule has 1 aliphatic rings. The first-order chi connectivity index (χ1) is 10.9. The molecule has 22 heavy (non-hydrogen) atoms. The average molecular weight is 308 g/mol. The van der Waals surface area contributed by atoms with Gasteiger partial charge in [-0.05, 0) is 23.8 Å². The summed E-state index contributed by atoms with van der Waals surface area (Å²) in [5.41, 5.74) is 3.01. The van der Waals surface area contributed by atoms with Crippen LogP contribution < -0.4 is 9.47 Å². The molecule has 5 heteroatoms. The normalized spacial score (nSPS) is 12.9. The highest BCUT2D eigenvalue weighted by atomic mass is 32.1. The number of hydrogen-bond donors (Lipinski definition) is 0. The van der Waals surface area contributed by atoms with Crippen LogP contribution in [-0.4, -0.2) is 18.0 Å². The van der Waals surface area contributed by atoms with E-state index in [9.17, 15) is 0 Å². The van der Waals surface area contributed by atoms with Crippen molar-refractivity contribution in [2.75, 3.05) is 6.79 Å². The van der Waals surface area contributed by atoms with Gasteiger partial charge in [-0.15, -0.1) is 11.3 Å². The Morgan fingerprint density at radius 1 is 1.05 bits per heavy atom. The third-order valence-corrected chi connectivity index (χ3v) is 4.03. The van der Waals surface area contributed by atoms with Gasteiger partial charge >= 0.3 is 0 Å². The van der Waals surface area contributed by atoms with Gasteiger partial charge in [-0.25, -0.2) is 9.98 Å². The van der Waals surface area contributed by atoms with Gasteiger partial charge in [0.2, 0.25) is 11.9 Å². The van der Waals surface area contributed by atoms with Gasteiger partial charge in [0, 0.05) is 17.2 Å². The molecule has 0 atom stereocenters. The molecule has 0 spiro atoms. The molecule has 2 heterocycles. The fourth-order valence-electron chi connectivity index (χ4n) is 2.19.